The summed E-state index contributed by atoms with van der Waals surface area (Å²) < 4.78 is 0. The smallest absolute Gasteiger partial charge is 0.0165 e. The number of benzene rings is 1. The molecule has 3 unspecified atom stereocenters. The van der Waals surface area contributed by atoms with Gasteiger partial charge in [-0.25, -0.2) is 0 Å². The Balaban J connectivity index is 2.24. The fraction of sp³-hybridized carbons (Fsp3) is 0.727. The van der Waals surface area contributed by atoms with E-state index in [2.05, 4.69) is 65.8 Å². The second kappa shape index (κ2) is 10.1. The topological polar surface area (TPSA) is 0 Å². The molecule has 22 heavy (non-hydrogen) atoms. The summed E-state index contributed by atoms with van der Waals surface area (Å²) >= 11 is 0. The summed E-state index contributed by atoms with van der Waals surface area (Å²) in [5.41, 5.74) is 2.86. The van der Waals surface area contributed by atoms with Crippen molar-refractivity contribution in [1.29, 1.82) is 0 Å². The van der Waals surface area contributed by atoms with Gasteiger partial charge in [-0.1, -0.05) is 103 Å². The van der Waals surface area contributed by atoms with Crippen LogP contribution in [0.15, 0.2) is 24.3 Å². The SMILES string of the molecule is Cc1ccc(C(C)C(C)CCCC(C)CCCC(C)C)cc1. The molecule has 0 nitrogen and oxygen atoms in total. The Kier molecular flexibility index (Phi) is 8.83. The van der Waals surface area contributed by atoms with Gasteiger partial charge >= 0.3 is 0 Å². The van der Waals surface area contributed by atoms with Crippen LogP contribution in [0.4, 0.5) is 0 Å². The van der Waals surface area contributed by atoms with Crippen LogP contribution in [0.3, 0.4) is 0 Å². The predicted octanol–water partition coefficient (Wildman–Crippen LogP) is 7.37. The Hall–Kier alpha value is -0.780. The zero-order chi connectivity index (χ0) is 16.5. The summed E-state index contributed by atoms with van der Waals surface area (Å²) in [6.07, 6.45) is 8.38. The summed E-state index contributed by atoms with van der Waals surface area (Å²) in [6, 6.07) is 9.11. The average Bonchev–Trinajstić information content (AvgIpc) is 2.46. The molecule has 0 aliphatic carbocycles. The first kappa shape index (κ1) is 19.3. The van der Waals surface area contributed by atoms with Gasteiger partial charge < -0.3 is 0 Å². The van der Waals surface area contributed by atoms with Gasteiger partial charge in [0.2, 0.25) is 0 Å². The molecule has 0 N–H and O–H groups in total. The highest BCUT2D eigenvalue weighted by Gasteiger charge is 2.14. The molecule has 1 rings (SSSR count). The standard InChI is InChI=1S/C22H38/c1-17(2)9-7-10-18(3)11-8-12-20(5)21(6)22-15-13-19(4)14-16-22/h13-18,20-21H,7-12H2,1-6H3. The van der Waals surface area contributed by atoms with E-state index in [-0.39, 0.29) is 0 Å². The molecule has 0 amide bonds. The summed E-state index contributed by atoms with van der Waals surface area (Å²) in [6.45, 7) is 14.1. The van der Waals surface area contributed by atoms with Crippen molar-refractivity contribution in [2.45, 2.75) is 86.0 Å². The maximum Gasteiger partial charge on any atom is -0.0165 e. The molecule has 0 fully saturated rings. The van der Waals surface area contributed by atoms with Crippen LogP contribution >= 0.6 is 0 Å². The Morgan fingerprint density at radius 2 is 1.27 bits per heavy atom. The third-order valence-corrected chi connectivity index (χ3v) is 5.29. The van der Waals surface area contributed by atoms with Gasteiger partial charge in [-0.15, -0.1) is 0 Å². The molecule has 0 aliphatic rings. The maximum atomic E-state index is 2.44. The lowest BCUT2D eigenvalue weighted by Crippen LogP contribution is -2.07. The molecule has 0 bridgehead atoms. The highest BCUT2D eigenvalue weighted by molar-refractivity contribution is 5.24. The van der Waals surface area contributed by atoms with Crippen LogP contribution in [-0.4, -0.2) is 0 Å². The second-order valence-electron chi connectivity index (χ2n) is 8.04. The average molecular weight is 303 g/mol. The third-order valence-electron chi connectivity index (χ3n) is 5.29. The van der Waals surface area contributed by atoms with Crippen LogP contribution in [0.2, 0.25) is 0 Å². The fourth-order valence-electron chi connectivity index (χ4n) is 3.26. The van der Waals surface area contributed by atoms with E-state index in [4.69, 9.17) is 0 Å². The molecule has 0 aliphatic heterocycles. The van der Waals surface area contributed by atoms with Gasteiger partial charge in [-0.2, -0.15) is 0 Å². The van der Waals surface area contributed by atoms with E-state index < -0.39 is 0 Å². The van der Waals surface area contributed by atoms with Crippen molar-refractivity contribution in [1.82, 2.24) is 0 Å². The van der Waals surface area contributed by atoms with E-state index in [1.54, 1.807) is 0 Å². The van der Waals surface area contributed by atoms with Crippen LogP contribution in [0.1, 0.15) is 90.2 Å². The summed E-state index contributed by atoms with van der Waals surface area (Å²) in [5, 5.41) is 0. The minimum absolute atomic E-state index is 0.678. The summed E-state index contributed by atoms with van der Waals surface area (Å²) in [5.74, 6) is 3.23. The van der Waals surface area contributed by atoms with E-state index in [0.717, 1.165) is 17.8 Å². The van der Waals surface area contributed by atoms with E-state index in [9.17, 15) is 0 Å². The van der Waals surface area contributed by atoms with Crippen LogP contribution in [-0.2, 0) is 0 Å². The molecule has 0 heteroatoms. The highest BCUT2D eigenvalue weighted by Crippen LogP contribution is 2.29. The molecule has 126 valence electrons. The molecule has 0 aromatic heterocycles. The van der Waals surface area contributed by atoms with Crippen molar-refractivity contribution in [3.05, 3.63) is 35.4 Å². The Morgan fingerprint density at radius 3 is 1.82 bits per heavy atom. The number of hydrogen-bond acceptors (Lipinski definition) is 0. The molecule has 1 aromatic carbocycles. The third kappa shape index (κ3) is 7.47. The Morgan fingerprint density at radius 1 is 0.727 bits per heavy atom. The summed E-state index contributed by atoms with van der Waals surface area (Å²) in [4.78, 5) is 0. The zero-order valence-corrected chi connectivity index (χ0v) is 15.9. The molecule has 0 spiro atoms. The van der Waals surface area contributed by atoms with Crippen molar-refractivity contribution in [2.75, 3.05) is 0 Å². The van der Waals surface area contributed by atoms with Crippen molar-refractivity contribution in [3.8, 4) is 0 Å². The molecule has 0 saturated carbocycles. The van der Waals surface area contributed by atoms with Crippen LogP contribution < -0.4 is 0 Å². The highest BCUT2D eigenvalue weighted by atomic mass is 14.2. The lowest BCUT2D eigenvalue weighted by molar-refractivity contribution is 0.380. The van der Waals surface area contributed by atoms with Crippen molar-refractivity contribution >= 4 is 0 Å². The number of rotatable bonds is 10. The normalized spacial score (nSPS) is 15.8. The van der Waals surface area contributed by atoms with Gasteiger partial charge in [-0.3, -0.25) is 0 Å². The largest absolute Gasteiger partial charge is 0.0628 e. The van der Waals surface area contributed by atoms with Crippen molar-refractivity contribution in [3.63, 3.8) is 0 Å². The summed E-state index contributed by atoms with van der Waals surface area (Å²) in [7, 11) is 0. The quantitative estimate of drug-likeness (QED) is 0.423. The minimum atomic E-state index is 0.678. The Labute approximate surface area is 139 Å². The van der Waals surface area contributed by atoms with Gasteiger partial charge in [-0.05, 0) is 36.2 Å². The number of hydrogen-bond donors (Lipinski definition) is 0. The lowest BCUT2D eigenvalue weighted by Gasteiger charge is -2.21. The molecule has 0 saturated heterocycles. The van der Waals surface area contributed by atoms with Crippen molar-refractivity contribution in [2.24, 2.45) is 17.8 Å². The van der Waals surface area contributed by atoms with Gasteiger partial charge in [0.25, 0.3) is 0 Å². The van der Waals surface area contributed by atoms with E-state index in [1.165, 1.54) is 49.7 Å². The number of aryl methyl sites for hydroxylation is 1. The predicted molar refractivity (Wildman–Crippen MR) is 100 cm³/mol. The molecular weight excluding hydrogens is 264 g/mol. The van der Waals surface area contributed by atoms with Gasteiger partial charge in [0.05, 0.1) is 0 Å². The first-order chi connectivity index (χ1) is 10.4. The van der Waals surface area contributed by atoms with Gasteiger partial charge in [0, 0.05) is 0 Å². The minimum Gasteiger partial charge on any atom is -0.0628 e. The maximum absolute atomic E-state index is 2.44. The van der Waals surface area contributed by atoms with Crippen molar-refractivity contribution < 1.29 is 0 Å². The molecule has 1 aromatic rings. The monoisotopic (exact) mass is 302 g/mol. The van der Waals surface area contributed by atoms with Crippen LogP contribution in [0, 0.1) is 24.7 Å². The Bertz CT molecular complexity index is 387. The van der Waals surface area contributed by atoms with E-state index in [0.29, 0.717) is 5.92 Å². The van der Waals surface area contributed by atoms with Gasteiger partial charge in [0.1, 0.15) is 0 Å². The first-order valence-electron chi connectivity index (χ1n) is 9.46. The first-order valence-corrected chi connectivity index (χ1v) is 9.46. The van der Waals surface area contributed by atoms with Crippen LogP contribution in [0.5, 0.6) is 0 Å². The van der Waals surface area contributed by atoms with E-state index in [1.807, 2.05) is 0 Å². The molecular formula is C22H38. The van der Waals surface area contributed by atoms with Crippen LogP contribution in [0.25, 0.3) is 0 Å². The van der Waals surface area contributed by atoms with E-state index >= 15 is 0 Å². The lowest BCUT2D eigenvalue weighted by atomic mass is 9.84. The second-order valence-corrected chi connectivity index (χ2v) is 8.04. The fourth-order valence-corrected chi connectivity index (χ4v) is 3.26. The molecule has 0 radical (unpaired) electrons. The van der Waals surface area contributed by atoms with Gasteiger partial charge in [0.15, 0.2) is 0 Å². The molecule has 0 heterocycles. The molecule has 3 atom stereocenters. The zero-order valence-electron chi connectivity index (χ0n) is 15.9.